The van der Waals surface area contributed by atoms with E-state index >= 15 is 0 Å². The van der Waals surface area contributed by atoms with Gasteiger partial charge in [-0.3, -0.25) is 9.69 Å². The molecule has 0 bridgehead atoms. The highest BCUT2D eigenvalue weighted by atomic mass is 32.2. The quantitative estimate of drug-likeness (QED) is 0.202. The number of amides is 1. The summed E-state index contributed by atoms with van der Waals surface area (Å²) in [6, 6.07) is 39.1. The highest BCUT2D eigenvalue weighted by molar-refractivity contribution is 8.18. The van der Waals surface area contributed by atoms with Crippen LogP contribution in [-0.2, 0) is 17.8 Å². The van der Waals surface area contributed by atoms with Crippen LogP contribution in [0.1, 0.15) is 22.4 Å². The van der Waals surface area contributed by atoms with Crippen LogP contribution in [0.4, 0.5) is 5.69 Å². The number of carbonyl (C=O) groups is 1. The Balaban J connectivity index is 1.38. The van der Waals surface area contributed by atoms with Crippen molar-refractivity contribution >= 4 is 45.5 Å². The molecule has 6 rings (SSSR count). The number of rotatable bonds is 7. The average molecular weight is 528 g/mol. The molecular weight excluding hydrogens is 498 g/mol. The minimum absolute atomic E-state index is 0.00454. The van der Waals surface area contributed by atoms with Crippen molar-refractivity contribution in [2.75, 3.05) is 6.54 Å². The van der Waals surface area contributed by atoms with Crippen molar-refractivity contribution in [3.63, 3.8) is 0 Å². The van der Waals surface area contributed by atoms with Gasteiger partial charge in [0.15, 0.2) is 5.17 Å². The summed E-state index contributed by atoms with van der Waals surface area (Å²) >= 11 is 1.46. The van der Waals surface area contributed by atoms with Crippen LogP contribution in [0.25, 0.3) is 17.0 Å². The van der Waals surface area contributed by atoms with Crippen LogP contribution >= 0.6 is 11.8 Å². The van der Waals surface area contributed by atoms with Crippen LogP contribution in [0.2, 0.25) is 0 Å². The summed E-state index contributed by atoms with van der Waals surface area (Å²) in [5, 5.41) is 1.87. The van der Waals surface area contributed by atoms with E-state index in [1.807, 2.05) is 59.5 Å². The molecule has 5 heteroatoms. The van der Waals surface area contributed by atoms with Gasteiger partial charge in [0, 0.05) is 35.2 Å². The molecule has 2 heterocycles. The second-order valence-electron chi connectivity index (χ2n) is 9.62. The third kappa shape index (κ3) is 5.31. The van der Waals surface area contributed by atoms with E-state index in [0.29, 0.717) is 11.4 Å². The first kappa shape index (κ1) is 25.0. The maximum atomic E-state index is 13.8. The molecule has 1 aliphatic rings. The normalized spacial score (nSPS) is 15.6. The van der Waals surface area contributed by atoms with Gasteiger partial charge in [0.25, 0.3) is 5.91 Å². The van der Waals surface area contributed by atoms with Gasteiger partial charge in [0.05, 0.1) is 10.6 Å². The van der Waals surface area contributed by atoms with E-state index < -0.39 is 0 Å². The largest absolute Gasteiger partial charge is 0.340 e. The lowest BCUT2D eigenvalue weighted by molar-refractivity contribution is -0.122. The summed E-state index contributed by atoms with van der Waals surface area (Å²) in [6.45, 7) is 3.50. The molecule has 0 radical (unpaired) electrons. The molecule has 5 aromatic rings. The predicted octanol–water partition coefficient (Wildman–Crippen LogP) is 7.84. The molecule has 0 saturated carbocycles. The lowest BCUT2D eigenvalue weighted by Crippen LogP contribution is -2.31. The van der Waals surface area contributed by atoms with Crippen LogP contribution < -0.4 is 0 Å². The van der Waals surface area contributed by atoms with E-state index in [-0.39, 0.29) is 5.91 Å². The molecule has 1 aromatic heterocycles. The number of hydrogen-bond acceptors (Lipinski definition) is 3. The molecule has 0 atom stereocenters. The monoisotopic (exact) mass is 527 g/mol. The van der Waals surface area contributed by atoms with E-state index in [1.54, 1.807) is 0 Å². The molecule has 1 fully saturated rings. The maximum Gasteiger partial charge on any atom is 0.266 e. The van der Waals surface area contributed by atoms with E-state index in [1.165, 1.54) is 28.4 Å². The van der Waals surface area contributed by atoms with Crippen molar-refractivity contribution in [1.82, 2.24) is 9.47 Å². The number of carbonyl (C=O) groups excluding carboxylic acids is 1. The van der Waals surface area contributed by atoms with Crippen molar-refractivity contribution in [1.29, 1.82) is 0 Å². The third-order valence-corrected chi connectivity index (χ3v) is 8.08. The summed E-state index contributed by atoms with van der Waals surface area (Å²) in [7, 11) is 0. The molecular formula is C34H29N3OS. The van der Waals surface area contributed by atoms with Gasteiger partial charge in [-0.2, -0.15) is 0 Å². The number of hydrogen-bond donors (Lipinski definition) is 0. The average Bonchev–Trinajstić information content (AvgIpc) is 3.41. The minimum Gasteiger partial charge on any atom is -0.340 e. The Morgan fingerprint density at radius 2 is 1.38 bits per heavy atom. The van der Waals surface area contributed by atoms with Crippen molar-refractivity contribution in [2.45, 2.75) is 19.9 Å². The predicted molar refractivity (Wildman–Crippen MR) is 163 cm³/mol. The molecule has 1 saturated heterocycles. The third-order valence-electron chi connectivity index (χ3n) is 7.07. The van der Waals surface area contributed by atoms with Crippen LogP contribution in [0.5, 0.6) is 0 Å². The zero-order valence-corrected chi connectivity index (χ0v) is 22.6. The molecule has 1 amide bonds. The zero-order valence-electron chi connectivity index (χ0n) is 21.8. The van der Waals surface area contributed by atoms with Crippen molar-refractivity contribution < 1.29 is 4.79 Å². The lowest BCUT2D eigenvalue weighted by atomic mass is 10.1. The first-order valence-corrected chi connectivity index (χ1v) is 14.0. The Hall–Kier alpha value is -4.35. The number of aromatic nitrogens is 1. The van der Waals surface area contributed by atoms with Crippen LogP contribution in [0, 0.1) is 6.92 Å². The molecule has 192 valence electrons. The van der Waals surface area contributed by atoms with E-state index in [9.17, 15) is 4.79 Å². The van der Waals surface area contributed by atoms with Crippen LogP contribution in [0.3, 0.4) is 0 Å². The fourth-order valence-corrected chi connectivity index (χ4v) is 6.03. The van der Waals surface area contributed by atoms with E-state index in [4.69, 9.17) is 4.99 Å². The standard InChI is InChI=1S/C34H29N3OS/c1-25-30(29-19-11-12-20-31(29)37(25)24-27-15-7-3-8-16-27)23-32-33(38)36(22-21-26-13-5-2-6-14-26)34(39-32)35-28-17-9-4-10-18-28/h2-20,23H,21-22,24H2,1H3/b32-23+,35-34?. The van der Waals surface area contributed by atoms with Gasteiger partial charge >= 0.3 is 0 Å². The van der Waals surface area contributed by atoms with Gasteiger partial charge in [0.1, 0.15) is 0 Å². The van der Waals surface area contributed by atoms with Gasteiger partial charge in [-0.25, -0.2) is 4.99 Å². The fraction of sp³-hybridized carbons (Fsp3) is 0.118. The smallest absolute Gasteiger partial charge is 0.266 e. The highest BCUT2D eigenvalue weighted by Crippen LogP contribution is 2.37. The summed E-state index contributed by atoms with van der Waals surface area (Å²) in [4.78, 5) is 21.2. The SMILES string of the molecule is Cc1c(/C=C2/SC(=Nc3ccccc3)N(CCc3ccccc3)C2=O)c2ccccc2n1Cc1ccccc1. The Morgan fingerprint density at radius 3 is 2.10 bits per heavy atom. The Kier molecular flexibility index (Phi) is 7.15. The number of nitrogens with zero attached hydrogens (tertiary/aromatic N) is 3. The van der Waals surface area contributed by atoms with Crippen LogP contribution in [0.15, 0.2) is 125 Å². The number of para-hydroxylation sites is 2. The van der Waals surface area contributed by atoms with E-state index in [0.717, 1.165) is 40.5 Å². The van der Waals surface area contributed by atoms with Crippen molar-refractivity contribution in [2.24, 2.45) is 4.99 Å². The van der Waals surface area contributed by atoms with Crippen molar-refractivity contribution in [3.8, 4) is 0 Å². The van der Waals surface area contributed by atoms with Gasteiger partial charge < -0.3 is 4.57 Å². The van der Waals surface area contributed by atoms with Gasteiger partial charge in [-0.05, 0) is 60.5 Å². The van der Waals surface area contributed by atoms with Crippen LogP contribution in [-0.4, -0.2) is 27.1 Å². The minimum atomic E-state index is 0.00454. The Labute approximate surface area is 233 Å². The molecule has 4 aromatic carbocycles. The Morgan fingerprint density at radius 1 is 0.769 bits per heavy atom. The fourth-order valence-electron chi connectivity index (χ4n) is 5.03. The number of aliphatic imine (C=N–C) groups is 1. The first-order chi connectivity index (χ1) is 19.2. The summed E-state index contributed by atoms with van der Waals surface area (Å²) in [6.07, 6.45) is 2.83. The van der Waals surface area contributed by atoms with E-state index in [2.05, 4.69) is 78.2 Å². The summed E-state index contributed by atoms with van der Waals surface area (Å²) in [5.41, 5.74) is 6.68. The maximum absolute atomic E-state index is 13.8. The molecule has 0 spiro atoms. The molecule has 0 N–H and O–H groups in total. The second-order valence-corrected chi connectivity index (χ2v) is 10.6. The van der Waals surface area contributed by atoms with Crippen molar-refractivity contribution in [3.05, 3.63) is 143 Å². The summed E-state index contributed by atoms with van der Waals surface area (Å²) in [5.74, 6) is 0.00454. The molecule has 1 aliphatic heterocycles. The molecule has 39 heavy (non-hydrogen) atoms. The number of fused-ring (bicyclic) bond motifs is 1. The molecule has 4 nitrogen and oxygen atoms in total. The number of benzene rings is 4. The zero-order chi connectivity index (χ0) is 26.6. The number of thioether (sulfide) groups is 1. The molecule has 0 unspecified atom stereocenters. The molecule has 0 aliphatic carbocycles. The highest BCUT2D eigenvalue weighted by Gasteiger charge is 2.33. The topological polar surface area (TPSA) is 37.6 Å². The summed E-state index contributed by atoms with van der Waals surface area (Å²) < 4.78 is 2.34. The Bertz CT molecular complexity index is 1670. The number of amidine groups is 1. The van der Waals surface area contributed by atoms with Gasteiger partial charge in [0.2, 0.25) is 0 Å². The lowest BCUT2D eigenvalue weighted by Gasteiger charge is -2.15. The van der Waals surface area contributed by atoms with Gasteiger partial charge in [-0.15, -0.1) is 0 Å². The second kappa shape index (κ2) is 11.2. The first-order valence-electron chi connectivity index (χ1n) is 13.2. The van der Waals surface area contributed by atoms with Gasteiger partial charge in [-0.1, -0.05) is 97.1 Å².